The Hall–Kier alpha value is -2.31. The zero-order valence-electron chi connectivity index (χ0n) is 11.8. The number of aromatic nitrogens is 2. The molecule has 0 atom stereocenters. The summed E-state index contributed by atoms with van der Waals surface area (Å²) in [7, 11) is 0. The molecule has 1 N–H and O–H groups in total. The van der Waals surface area contributed by atoms with Gasteiger partial charge in [-0.25, -0.2) is 4.98 Å². The van der Waals surface area contributed by atoms with E-state index < -0.39 is 11.7 Å². The van der Waals surface area contributed by atoms with Gasteiger partial charge in [0.05, 0.1) is 5.56 Å². The van der Waals surface area contributed by atoms with Crippen LogP contribution in [0.3, 0.4) is 0 Å². The summed E-state index contributed by atoms with van der Waals surface area (Å²) in [5.74, 6) is 1.09. The summed E-state index contributed by atoms with van der Waals surface area (Å²) in [6.45, 7) is 1.89. The molecule has 0 unspecified atom stereocenters. The average molecular weight is 308 g/mol. The molecule has 1 aromatic carbocycles. The molecule has 1 saturated heterocycles. The molecule has 1 aromatic heterocycles. The summed E-state index contributed by atoms with van der Waals surface area (Å²) in [6, 6.07) is 6.80. The maximum atomic E-state index is 12.7. The lowest BCUT2D eigenvalue weighted by Gasteiger charge is -2.16. The largest absolute Gasteiger partial charge is 0.416 e. The maximum absolute atomic E-state index is 12.7. The summed E-state index contributed by atoms with van der Waals surface area (Å²) in [5, 5.41) is 2.83. The first kappa shape index (κ1) is 14.6. The number of nitrogens with zero attached hydrogens (tertiary/aromatic N) is 3. The zero-order valence-corrected chi connectivity index (χ0v) is 11.8. The summed E-state index contributed by atoms with van der Waals surface area (Å²) in [5.41, 5.74) is -0.387. The van der Waals surface area contributed by atoms with Crippen LogP contribution in [0.5, 0.6) is 0 Å². The van der Waals surface area contributed by atoms with Crippen LogP contribution in [0.4, 0.5) is 30.6 Å². The quantitative estimate of drug-likeness (QED) is 0.935. The minimum absolute atomic E-state index is 0.295. The summed E-state index contributed by atoms with van der Waals surface area (Å²) in [4.78, 5) is 10.6. The smallest absolute Gasteiger partial charge is 0.356 e. The molecule has 2 heterocycles. The van der Waals surface area contributed by atoms with Crippen LogP contribution in [-0.2, 0) is 6.18 Å². The van der Waals surface area contributed by atoms with E-state index in [2.05, 4.69) is 20.2 Å². The lowest BCUT2D eigenvalue weighted by Crippen LogP contribution is -2.19. The Morgan fingerprint density at radius 2 is 1.86 bits per heavy atom. The minimum atomic E-state index is -4.37. The van der Waals surface area contributed by atoms with Crippen molar-refractivity contribution in [3.05, 3.63) is 42.1 Å². The second kappa shape index (κ2) is 5.82. The number of benzene rings is 1. The van der Waals surface area contributed by atoms with Gasteiger partial charge in [0, 0.05) is 25.0 Å². The standard InChI is InChI=1S/C15H15F3N4/c16-15(17,18)11-4-3-5-12(10-11)20-14-19-7-6-13(21-14)22-8-1-2-9-22/h3-7,10H,1-2,8-9H2,(H,19,20,21). The fourth-order valence-electron chi connectivity index (χ4n) is 2.43. The van der Waals surface area contributed by atoms with Crippen LogP contribution in [0.25, 0.3) is 0 Å². The van der Waals surface area contributed by atoms with E-state index in [1.54, 1.807) is 12.3 Å². The number of hydrogen-bond donors (Lipinski definition) is 1. The van der Waals surface area contributed by atoms with Crippen molar-refractivity contribution in [2.24, 2.45) is 0 Å². The average Bonchev–Trinajstić information content (AvgIpc) is 3.01. The Labute approximate surface area is 126 Å². The number of rotatable bonds is 3. The molecule has 0 amide bonds. The highest BCUT2D eigenvalue weighted by molar-refractivity contribution is 5.56. The van der Waals surface area contributed by atoms with Crippen molar-refractivity contribution in [2.75, 3.05) is 23.3 Å². The van der Waals surface area contributed by atoms with Gasteiger partial charge in [0.2, 0.25) is 5.95 Å². The Balaban J connectivity index is 1.80. The number of nitrogens with one attached hydrogen (secondary N) is 1. The van der Waals surface area contributed by atoms with E-state index in [0.29, 0.717) is 11.6 Å². The van der Waals surface area contributed by atoms with Crippen LogP contribution in [0.15, 0.2) is 36.5 Å². The molecule has 0 aliphatic carbocycles. The summed E-state index contributed by atoms with van der Waals surface area (Å²) in [6.07, 6.45) is -0.507. The normalized spacial score (nSPS) is 15.1. The number of alkyl halides is 3. The van der Waals surface area contributed by atoms with E-state index in [4.69, 9.17) is 0 Å². The van der Waals surface area contributed by atoms with Crippen molar-refractivity contribution in [1.82, 2.24) is 9.97 Å². The summed E-state index contributed by atoms with van der Waals surface area (Å²) >= 11 is 0. The van der Waals surface area contributed by atoms with E-state index in [-0.39, 0.29) is 0 Å². The van der Waals surface area contributed by atoms with Crippen LogP contribution in [-0.4, -0.2) is 23.1 Å². The van der Waals surface area contributed by atoms with E-state index in [0.717, 1.165) is 43.9 Å². The molecule has 116 valence electrons. The predicted octanol–water partition coefficient (Wildman–Crippen LogP) is 3.84. The van der Waals surface area contributed by atoms with Gasteiger partial charge in [-0.2, -0.15) is 18.2 Å². The van der Waals surface area contributed by atoms with Gasteiger partial charge in [0.1, 0.15) is 5.82 Å². The van der Waals surface area contributed by atoms with Crippen LogP contribution >= 0.6 is 0 Å². The Morgan fingerprint density at radius 1 is 1.09 bits per heavy atom. The molecule has 1 fully saturated rings. The molecule has 1 aliphatic heterocycles. The molecule has 22 heavy (non-hydrogen) atoms. The van der Waals surface area contributed by atoms with Gasteiger partial charge >= 0.3 is 6.18 Å². The van der Waals surface area contributed by atoms with Crippen molar-refractivity contribution in [3.8, 4) is 0 Å². The van der Waals surface area contributed by atoms with Crippen LogP contribution in [0.2, 0.25) is 0 Å². The molecular weight excluding hydrogens is 293 g/mol. The van der Waals surface area contributed by atoms with Gasteiger partial charge < -0.3 is 10.2 Å². The molecule has 3 rings (SSSR count). The first-order valence-electron chi connectivity index (χ1n) is 7.05. The van der Waals surface area contributed by atoms with Crippen molar-refractivity contribution >= 4 is 17.5 Å². The molecule has 2 aromatic rings. The van der Waals surface area contributed by atoms with Gasteiger partial charge in [-0.3, -0.25) is 0 Å². The van der Waals surface area contributed by atoms with Crippen molar-refractivity contribution in [2.45, 2.75) is 19.0 Å². The van der Waals surface area contributed by atoms with Crippen LogP contribution in [0.1, 0.15) is 18.4 Å². The van der Waals surface area contributed by atoms with E-state index in [1.807, 2.05) is 6.07 Å². The van der Waals surface area contributed by atoms with E-state index >= 15 is 0 Å². The van der Waals surface area contributed by atoms with Gasteiger partial charge in [0.25, 0.3) is 0 Å². The first-order valence-corrected chi connectivity index (χ1v) is 7.05. The monoisotopic (exact) mass is 308 g/mol. The molecule has 0 bridgehead atoms. The molecule has 0 saturated carbocycles. The second-order valence-electron chi connectivity index (χ2n) is 5.14. The Kier molecular flexibility index (Phi) is 3.87. The minimum Gasteiger partial charge on any atom is -0.356 e. The molecule has 1 aliphatic rings. The van der Waals surface area contributed by atoms with Gasteiger partial charge in [-0.15, -0.1) is 0 Å². The zero-order chi connectivity index (χ0) is 15.6. The van der Waals surface area contributed by atoms with Crippen molar-refractivity contribution in [1.29, 1.82) is 0 Å². The Morgan fingerprint density at radius 3 is 2.59 bits per heavy atom. The Bertz CT molecular complexity index is 651. The van der Waals surface area contributed by atoms with Gasteiger partial charge in [-0.05, 0) is 37.1 Å². The molecule has 4 nitrogen and oxygen atoms in total. The fraction of sp³-hybridized carbons (Fsp3) is 0.333. The highest BCUT2D eigenvalue weighted by Crippen LogP contribution is 2.31. The number of anilines is 3. The number of halogens is 3. The maximum Gasteiger partial charge on any atom is 0.416 e. The van der Waals surface area contributed by atoms with Gasteiger partial charge in [0.15, 0.2) is 0 Å². The van der Waals surface area contributed by atoms with Crippen molar-refractivity contribution < 1.29 is 13.2 Å². The molecule has 0 spiro atoms. The predicted molar refractivity (Wildman–Crippen MR) is 78.2 cm³/mol. The van der Waals surface area contributed by atoms with E-state index in [9.17, 15) is 13.2 Å². The van der Waals surface area contributed by atoms with E-state index in [1.165, 1.54) is 6.07 Å². The number of hydrogen-bond acceptors (Lipinski definition) is 4. The molecule has 0 radical (unpaired) electrons. The van der Waals surface area contributed by atoms with Crippen molar-refractivity contribution in [3.63, 3.8) is 0 Å². The topological polar surface area (TPSA) is 41.1 Å². The third kappa shape index (κ3) is 3.29. The fourth-order valence-corrected chi connectivity index (χ4v) is 2.43. The first-order chi connectivity index (χ1) is 10.5. The third-order valence-electron chi connectivity index (χ3n) is 3.52. The second-order valence-corrected chi connectivity index (χ2v) is 5.14. The van der Waals surface area contributed by atoms with Crippen LogP contribution in [0, 0.1) is 0 Å². The lowest BCUT2D eigenvalue weighted by atomic mass is 10.2. The SMILES string of the molecule is FC(F)(F)c1cccc(Nc2nccc(N3CCCC3)n2)c1. The highest BCUT2D eigenvalue weighted by atomic mass is 19.4. The third-order valence-corrected chi connectivity index (χ3v) is 3.52. The van der Waals surface area contributed by atoms with Gasteiger partial charge in [-0.1, -0.05) is 6.07 Å². The molecule has 7 heteroatoms. The van der Waals surface area contributed by atoms with Crippen LogP contribution < -0.4 is 10.2 Å². The summed E-state index contributed by atoms with van der Waals surface area (Å²) < 4.78 is 38.1. The highest BCUT2D eigenvalue weighted by Gasteiger charge is 2.30. The molecular formula is C15H15F3N4. The lowest BCUT2D eigenvalue weighted by molar-refractivity contribution is -0.137.